The van der Waals surface area contributed by atoms with Crippen molar-refractivity contribution in [2.24, 2.45) is 0 Å². The summed E-state index contributed by atoms with van der Waals surface area (Å²) in [6.07, 6.45) is 2.28. The molecule has 0 aliphatic heterocycles. The monoisotopic (exact) mass is 206 g/mol. The fraction of sp³-hybridized carbons (Fsp3) is 0.182. The largest absolute Gasteiger partial charge is 0.382 e. The van der Waals surface area contributed by atoms with E-state index < -0.39 is 0 Å². The summed E-state index contributed by atoms with van der Waals surface area (Å²) in [7, 11) is 0. The zero-order chi connectivity index (χ0) is 10.2. The van der Waals surface area contributed by atoms with Crippen molar-refractivity contribution >= 4 is 17.3 Å². The Morgan fingerprint density at radius 1 is 1.36 bits per heavy atom. The molecule has 0 aliphatic carbocycles. The second-order valence-corrected chi connectivity index (χ2v) is 3.03. The molecule has 0 radical (unpaired) electrons. The molecule has 72 valence electrons. The van der Waals surface area contributed by atoms with Crippen LogP contribution < -0.4 is 5.32 Å². The molecular weight excluding hydrogens is 196 g/mol. The van der Waals surface area contributed by atoms with Gasteiger partial charge in [0, 0.05) is 17.8 Å². The molecule has 14 heavy (non-hydrogen) atoms. The molecule has 0 aromatic heterocycles. The molecule has 0 amide bonds. The number of nitriles is 1. The van der Waals surface area contributed by atoms with E-state index in [9.17, 15) is 0 Å². The molecule has 1 rings (SSSR count). The highest BCUT2D eigenvalue weighted by molar-refractivity contribution is 6.25. The Kier molecular flexibility index (Phi) is 4.60. The van der Waals surface area contributed by atoms with Gasteiger partial charge in [-0.2, -0.15) is 5.26 Å². The van der Waals surface area contributed by atoms with E-state index in [1.54, 1.807) is 0 Å². The van der Waals surface area contributed by atoms with Crippen LogP contribution in [0.1, 0.15) is 5.56 Å². The van der Waals surface area contributed by atoms with Gasteiger partial charge in [0.05, 0.1) is 12.5 Å². The van der Waals surface area contributed by atoms with Gasteiger partial charge in [0.2, 0.25) is 0 Å². The van der Waals surface area contributed by atoms with Crippen LogP contribution in [0.5, 0.6) is 0 Å². The van der Waals surface area contributed by atoms with Crippen molar-refractivity contribution in [3.05, 3.63) is 41.4 Å². The lowest BCUT2D eigenvalue weighted by atomic mass is 10.1. The summed E-state index contributed by atoms with van der Waals surface area (Å²) in [6, 6.07) is 9.89. The minimum Gasteiger partial charge on any atom is -0.382 e. The van der Waals surface area contributed by atoms with Crippen molar-refractivity contribution in [2.75, 3.05) is 11.9 Å². The molecule has 0 heterocycles. The predicted molar refractivity (Wildman–Crippen MR) is 59.2 cm³/mol. The molecule has 0 saturated heterocycles. The van der Waals surface area contributed by atoms with Gasteiger partial charge >= 0.3 is 0 Å². The van der Waals surface area contributed by atoms with Crippen LogP contribution in [-0.4, -0.2) is 6.54 Å². The van der Waals surface area contributed by atoms with Crippen LogP contribution in [0.15, 0.2) is 35.9 Å². The number of anilines is 1. The van der Waals surface area contributed by atoms with Gasteiger partial charge < -0.3 is 5.32 Å². The first kappa shape index (κ1) is 10.6. The second-order valence-electron chi connectivity index (χ2n) is 2.77. The van der Waals surface area contributed by atoms with Gasteiger partial charge in [-0.3, -0.25) is 0 Å². The third kappa shape index (κ3) is 3.51. The molecule has 0 spiro atoms. The second kappa shape index (κ2) is 6.06. The van der Waals surface area contributed by atoms with E-state index in [1.165, 1.54) is 5.54 Å². The first-order valence-corrected chi connectivity index (χ1v) is 4.75. The number of nitrogens with zero attached hydrogens (tertiary/aromatic N) is 1. The Bertz CT molecular complexity index is 335. The van der Waals surface area contributed by atoms with E-state index in [1.807, 2.05) is 30.3 Å². The molecule has 0 bridgehead atoms. The number of hydrogen-bond donors (Lipinski definition) is 1. The molecule has 3 heteroatoms. The summed E-state index contributed by atoms with van der Waals surface area (Å²) in [5.74, 6) is 0. The van der Waals surface area contributed by atoms with Crippen LogP contribution >= 0.6 is 11.6 Å². The number of nitrogens with one attached hydrogen (secondary N) is 1. The maximum atomic E-state index is 8.47. The average Bonchev–Trinajstić information content (AvgIpc) is 2.21. The molecule has 1 aromatic rings. The standard InChI is InChI=1S/C11H11ClN2/c12-7-1-9-14-11-4-2-10(3-5-11)6-8-13/h1-5,7,14H,6,9H2/b7-1+. The molecule has 1 N–H and O–H groups in total. The molecule has 0 fully saturated rings. The maximum absolute atomic E-state index is 8.47. The minimum atomic E-state index is 0.460. The zero-order valence-corrected chi connectivity index (χ0v) is 8.46. The van der Waals surface area contributed by atoms with E-state index >= 15 is 0 Å². The van der Waals surface area contributed by atoms with Crippen LogP contribution in [0, 0.1) is 11.3 Å². The zero-order valence-electron chi connectivity index (χ0n) is 7.70. The minimum absolute atomic E-state index is 0.460. The quantitative estimate of drug-likeness (QED) is 0.822. The van der Waals surface area contributed by atoms with E-state index in [2.05, 4.69) is 11.4 Å². The summed E-state index contributed by atoms with van der Waals surface area (Å²) in [6.45, 7) is 0.709. The van der Waals surface area contributed by atoms with Crippen molar-refractivity contribution in [3.8, 4) is 6.07 Å². The van der Waals surface area contributed by atoms with Gasteiger partial charge in [0.1, 0.15) is 0 Å². The normalized spacial score (nSPS) is 10.0. The Morgan fingerprint density at radius 2 is 2.07 bits per heavy atom. The molecule has 0 saturated carbocycles. The predicted octanol–water partition coefficient (Wildman–Crippen LogP) is 2.92. The van der Waals surface area contributed by atoms with Crippen LogP contribution in [0.4, 0.5) is 5.69 Å². The maximum Gasteiger partial charge on any atom is 0.0669 e. The molecule has 0 aliphatic rings. The first-order valence-electron chi connectivity index (χ1n) is 4.32. The third-order valence-corrected chi connectivity index (χ3v) is 1.93. The average molecular weight is 207 g/mol. The van der Waals surface area contributed by atoms with Gasteiger partial charge in [0.15, 0.2) is 0 Å². The van der Waals surface area contributed by atoms with E-state index in [0.29, 0.717) is 13.0 Å². The van der Waals surface area contributed by atoms with Gasteiger partial charge in [-0.15, -0.1) is 0 Å². The van der Waals surface area contributed by atoms with Crippen LogP contribution in [0.3, 0.4) is 0 Å². The molecule has 0 unspecified atom stereocenters. The fourth-order valence-corrected chi connectivity index (χ4v) is 1.14. The topological polar surface area (TPSA) is 35.8 Å². The summed E-state index contributed by atoms with van der Waals surface area (Å²) in [5.41, 5.74) is 3.55. The van der Waals surface area contributed by atoms with Gasteiger partial charge in [0.25, 0.3) is 0 Å². The van der Waals surface area contributed by atoms with E-state index in [4.69, 9.17) is 16.9 Å². The Hall–Kier alpha value is -1.46. The highest BCUT2D eigenvalue weighted by atomic mass is 35.5. The number of benzene rings is 1. The molecule has 0 atom stereocenters. The van der Waals surface area contributed by atoms with E-state index in [-0.39, 0.29) is 0 Å². The van der Waals surface area contributed by atoms with Crippen LogP contribution in [0.2, 0.25) is 0 Å². The molecular formula is C11H11ClN2. The number of hydrogen-bond acceptors (Lipinski definition) is 2. The Morgan fingerprint density at radius 3 is 2.64 bits per heavy atom. The third-order valence-electron chi connectivity index (χ3n) is 1.75. The lowest BCUT2D eigenvalue weighted by Gasteiger charge is -2.03. The first-order chi connectivity index (χ1) is 6.86. The SMILES string of the molecule is N#CCc1ccc(NC/C=C/Cl)cc1. The molecule has 1 aromatic carbocycles. The van der Waals surface area contributed by atoms with Crippen molar-refractivity contribution in [1.82, 2.24) is 0 Å². The number of halogens is 1. The summed E-state index contributed by atoms with van der Waals surface area (Å²) in [5, 5.41) is 11.6. The van der Waals surface area contributed by atoms with Crippen LogP contribution in [0.25, 0.3) is 0 Å². The van der Waals surface area contributed by atoms with Gasteiger partial charge in [-0.25, -0.2) is 0 Å². The van der Waals surface area contributed by atoms with Gasteiger partial charge in [-0.05, 0) is 17.7 Å². The molecule has 2 nitrogen and oxygen atoms in total. The van der Waals surface area contributed by atoms with E-state index in [0.717, 1.165) is 11.3 Å². The Balaban J connectivity index is 2.51. The van der Waals surface area contributed by atoms with Crippen LogP contribution in [-0.2, 0) is 6.42 Å². The van der Waals surface area contributed by atoms with Crippen molar-refractivity contribution in [1.29, 1.82) is 5.26 Å². The fourth-order valence-electron chi connectivity index (χ4n) is 1.05. The summed E-state index contributed by atoms with van der Waals surface area (Å²) in [4.78, 5) is 0. The summed E-state index contributed by atoms with van der Waals surface area (Å²) < 4.78 is 0. The lowest BCUT2D eigenvalue weighted by molar-refractivity contribution is 1.25. The lowest BCUT2D eigenvalue weighted by Crippen LogP contribution is -1.97. The smallest absolute Gasteiger partial charge is 0.0669 e. The highest BCUT2D eigenvalue weighted by Crippen LogP contribution is 2.09. The van der Waals surface area contributed by atoms with Gasteiger partial charge in [-0.1, -0.05) is 29.8 Å². The Labute approximate surface area is 88.8 Å². The van der Waals surface area contributed by atoms with Crippen molar-refractivity contribution < 1.29 is 0 Å². The number of rotatable bonds is 4. The summed E-state index contributed by atoms with van der Waals surface area (Å²) >= 11 is 5.38. The van der Waals surface area contributed by atoms with Crippen molar-refractivity contribution in [2.45, 2.75) is 6.42 Å². The van der Waals surface area contributed by atoms with Crippen molar-refractivity contribution in [3.63, 3.8) is 0 Å². The highest BCUT2D eigenvalue weighted by Gasteiger charge is 1.92.